The van der Waals surface area contributed by atoms with Crippen molar-refractivity contribution in [1.29, 1.82) is 0 Å². The van der Waals surface area contributed by atoms with Crippen LogP contribution in [0.2, 0.25) is 0 Å². The van der Waals surface area contributed by atoms with Crippen LogP contribution >= 0.6 is 11.3 Å². The lowest BCUT2D eigenvalue weighted by Crippen LogP contribution is -2.29. The van der Waals surface area contributed by atoms with Gasteiger partial charge < -0.3 is 9.47 Å². The number of unbranched alkanes of at least 4 members (excludes halogenated alkanes) is 1. The molecule has 0 amide bonds. The van der Waals surface area contributed by atoms with Gasteiger partial charge in [-0.25, -0.2) is 0 Å². The van der Waals surface area contributed by atoms with E-state index in [1.807, 2.05) is 24.3 Å². The third kappa shape index (κ3) is 3.32. The molecule has 0 saturated heterocycles. The standard InChI is InChI=1S/C17H20N2O3S/c1-3-4-9-22-13-6-5-12(10-14(13)21-2)11-15-16(20)19-8-7-18-17(19)23-15/h5-6,10-11H,3-4,7-9H2,1-2H3. The van der Waals surface area contributed by atoms with Gasteiger partial charge in [-0.3, -0.25) is 14.4 Å². The van der Waals surface area contributed by atoms with Gasteiger partial charge in [0.15, 0.2) is 16.3 Å². The molecule has 3 rings (SSSR count). The van der Waals surface area contributed by atoms with Crippen molar-refractivity contribution in [2.45, 2.75) is 26.3 Å². The average Bonchev–Trinajstić information content (AvgIpc) is 3.13. The van der Waals surface area contributed by atoms with E-state index in [2.05, 4.69) is 11.9 Å². The van der Waals surface area contributed by atoms with E-state index in [4.69, 9.17) is 9.47 Å². The Kier molecular flexibility index (Phi) is 4.81. The maximum absolute atomic E-state index is 12.3. The summed E-state index contributed by atoms with van der Waals surface area (Å²) in [6.45, 7) is 4.20. The van der Waals surface area contributed by atoms with Gasteiger partial charge >= 0.3 is 0 Å². The molecule has 1 aliphatic heterocycles. The number of rotatable bonds is 6. The molecule has 23 heavy (non-hydrogen) atoms. The summed E-state index contributed by atoms with van der Waals surface area (Å²) < 4.78 is 13.6. The number of fused-ring (bicyclic) bond motifs is 1. The van der Waals surface area contributed by atoms with E-state index >= 15 is 0 Å². The minimum atomic E-state index is 0.0356. The number of methoxy groups -OCH3 is 1. The van der Waals surface area contributed by atoms with Crippen LogP contribution in [0.5, 0.6) is 11.5 Å². The summed E-state index contributed by atoms with van der Waals surface area (Å²) >= 11 is 1.43. The third-order valence-corrected chi connectivity index (χ3v) is 4.74. The van der Waals surface area contributed by atoms with Gasteiger partial charge in [-0.15, -0.1) is 0 Å². The van der Waals surface area contributed by atoms with Crippen LogP contribution in [0.4, 0.5) is 0 Å². The number of aromatic nitrogens is 1. The largest absolute Gasteiger partial charge is 0.493 e. The first-order valence-corrected chi connectivity index (χ1v) is 8.61. The smallest absolute Gasteiger partial charge is 0.270 e. The molecule has 0 N–H and O–H groups in total. The van der Waals surface area contributed by atoms with E-state index in [0.717, 1.165) is 29.0 Å². The number of benzene rings is 1. The first kappa shape index (κ1) is 15.8. The van der Waals surface area contributed by atoms with Crippen LogP contribution in [0.3, 0.4) is 0 Å². The first-order valence-electron chi connectivity index (χ1n) is 7.79. The van der Waals surface area contributed by atoms with Gasteiger partial charge in [0.25, 0.3) is 5.56 Å². The lowest BCUT2D eigenvalue weighted by Gasteiger charge is -2.10. The van der Waals surface area contributed by atoms with Crippen molar-refractivity contribution in [3.8, 4) is 11.5 Å². The molecule has 0 aliphatic carbocycles. The molecule has 1 aromatic carbocycles. The Hall–Kier alpha value is -2.08. The topological polar surface area (TPSA) is 52.8 Å². The molecule has 0 saturated carbocycles. The van der Waals surface area contributed by atoms with Crippen molar-refractivity contribution >= 4 is 17.4 Å². The summed E-state index contributed by atoms with van der Waals surface area (Å²) in [4.78, 5) is 17.4. The lowest BCUT2D eigenvalue weighted by molar-refractivity contribution is 0.288. The molecule has 1 aliphatic rings. The molecule has 6 heteroatoms. The molecule has 0 radical (unpaired) electrons. The Bertz CT molecular complexity index is 867. The van der Waals surface area contributed by atoms with Crippen LogP contribution < -0.4 is 24.4 Å². The molecule has 0 unspecified atom stereocenters. The van der Waals surface area contributed by atoms with Crippen LogP contribution in [0.25, 0.3) is 6.08 Å². The fraction of sp³-hybridized carbons (Fsp3) is 0.412. The Labute approximate surface area is 138 Å². The minimum absolute atomic E-state index is 0.0356. The quantitative estimate of drug-likeness (QED) is 0.755. The molecule has 1 aromatic heterocycles. The molecule has 5 nitrogen and oxygen atoms in total. The monoisotopic (exact) mass is 332 g/mol. The molecule has 2 aromatic rings. The molecule has 0 bridgehead atoms. The Morgan fingerprint density at radius 2 is 2.26 bits per heavy atom. The average molecular weight is 332 g/mol. The number of hydrogen-bond acceptors (Lipinski definition) is 5. The van der Waals surface area contributed by atoms with E-state index in [1.165, 1.54) is 11.3 Å². The van der Waals surface area contributed by atoms with Crippen LogP contribution in [0.1, 0.15) is 25.3 Å². The second-order valence-corrected chi connectivity index (χ2v) is 6.35. The van der Waals surface area contributed by atoms with E-state index in [-0.39, 0.29) is 5.56 Å². The Morgan fingerprint density at radius 3 is 3.00 bits per heavy atom. The van der Waals surface area contributed by atoms with Gasteiger partial charge in [-0.2, -0.15) is 0 Å². The highest BCUT2D eigenvalue weighted by Gasteiger charge is 2.10. The van der Waals surface area contributed by atoms with Gasteiger partial charge in [0.05, 0.1) is 24.8 Å². The molecule has 0 fully saturated rings. The predicted molar refractivity (Wildman–Crippen MR) is 91.2 cm³/mol. The maximum atomic E-state index is 12.3. The zero-order valence-corrected chi connectivity index (χ0v) is 14.2. The minimum Gasteiger partial charge on any atom is -0.493 e. The fourth-order valence-corrected chi connectivity index (χ4v) is 3.47. The van der Waals surface area contributed by atoms with Gasteiger partial charge in [0.1, 0.15) is 0 Å². The summed E-state index contributed by atoms with van der Waals surface area (Å²) in [6.07, 6.45) is 3.98. The van der Waals surface area contributed by atoms with Crippen molar-refractivity contribution in [3.63, 3.8) is 0 Å². The van der Waals surface area contributed by atoms with Crippen LogP contribution in [0.15, 0.2) is 28.0 Å². The van der Waals surface area contributed by atoms with E-state index in [9.17, 15) is 4.79 Å². The molecule has 0 spiro atoms. The van der Waals surface area contributed by atoms with Crippen molar-refractivity contribution in [3.05, 3.63) is 43.5 Å². The van der Waals surface area contributed by atoms with Gasteiger partial charge in [0.2, 0.25) is 0 Å². The van der Waals surface area contributed by atoms with Gasteiger partial charge in [-0.05, 0) is 30.2 Å². The lowest BCUT2D eigenvalue weighted by atomic mass is 10.2. The zero-order chi connectivity index (χ0) is 16.2. The molecule has 0 atom stereocenters. The van der Waals surface area contributed by atoms with E-state index < -0.39 is 0 Å². The summed E-state index contributed by atoms with van der Waals surface area (Å²) in [5.41, 5.74) is 0.954. The van der Waals surface area contributed by atoms with Crippen molar-refractivity contribution in [2.24, 2.45) is 4.99 Å². The fourth-order valence-electron chi connectivity index (χ4n) is 2.44. The number of thiazole rings is 1. The van der Waals surface area contributed by atoms with Crippen LogP contribution in [0, 0.1) is 0 Å². The highest BCUT2D eigenvalue weighted by Crippen LogP contribution is 2.28. The highest BCUT2D eigenvalue weighted by atomic mass is 32.1. The predicted octanol–water partition coefficient (Wildman–Crippen LogP) is 1.56. The van der Waals surface area contributed by atoms with E-state index in [1.54, 1.807) is 11.7 Å². The molecular weight excluding hydrogens is 312 g/mol. The first-order chi connectivity index (χ1) is 11.2. The van der Waals surface area contributed by atoms with E-state index in [0.29, 0.717) is 30.0 Å². The third-order valence-electron chi connectivity index (χ3n) is 3.70. The summed E-state index contributed by atoms with van der Waals surface area (Å²) in [6, 6.07) is 5.73. The molecular formula is C17H20N2O3S. The van der Waals surface area contributed by atoms with Gasteiger partial charge in [0, 0.05) is 6.54 Å². The second kappa shape index (κ2) is 7.00. The molecule has 2 heterocycles. The summed E-state index contributed by atoms with van der Waals surface area (Å²) in [5.74, 6) is 1.42. The number of nitrogens with zero attached hydrogens (tertiary/aromatic N) is 2. The number of hydrogen-bond donors (Lipinski definition) is 0. The second-order valence-electron chi connectivity index (χ2n) is 5.34. The maximum Gasteiger partial charge on any atom is 0.270 e. The van der Waals surface area contributed by atoms with Crippen LogP contribution in [-0.2, 0) is 6.54 Å². The van der Waals surface area contributed by atoms with Crippen molar-refractivity contribution in [1.82, 2.24) is 4.57 Å². The molecule has 122 valence electrons. The normalized spacial score (nSPS) is 13.7. The van der Waals surface area contributed by atoms with Gasteiger partial charge in [-0.1, -0.05) is 30.7 Å². The Balaban J connectivity index is 1.92. The Morgan fingerprint density at radius 1 is 1.39 bits per heavy atom. The van der Waals surface area contributed by atoms with Crippen molar-refractivity contribution in [2.75, 3.05) is 20.3 Å². The highest BCUT2D eigenvalue weighted by molar-refractivity contribution is 7.07. The van der Waals surface area contributed by atoms with Crippen molar-refractivity contribution < 1.29 is 9.47 Å². The zero-order valence-electron chi connectivity index (χ0n) is 13.4. The summed E-state index contributed by atoms with van der Waals surface area (Å²) in [5, 5.41) is 0. The van der Waals surface area contributed by atoms with Crippen LogP contribution in [-0.4, -0.2) is 24.8 Å². The summed E-state index contributed by atoms with van der Waals surface area (Å²) in [7, 11) is 1.62. The SMILES string of the molecule is CCCCOc1ccc(C=c2sc3n(c2=O)CCN=3)cc1OC. The number of ether oxygens (including phenoxy) is 2.